The molecule has 2 aromatic rings. The molecule has 5 nitrogen and oxygen atoms in total. The van der Waals surface area contributed by atoms with Crippen molar-refractivity contribution < 1.29 is 15.0 Å². The predicted octanol–water partition coefficient (Wildman–Crippen LogP) is 3.51. The molecular weight excluding hydrogens is 232 g/mol. The minimum Gasteiger partial charge on any atom is -0.508 e. The van der Waals surface area contributed by atoms with E-state index in [0.717, 1.165) is 0 Å². The number of carboxylic acid groups (broad SMARTS) is 1. The lowest BCUT2D eigenvalue weighted by molar-refractivity contribution is 0.0697. The van der Waals surface area contributed by atoms with Crippen molar-refractivity contribution in [1.82, 2.24) is 0 Å². The second-order valence-electron chi connectivity index (χ2n) is 3.57. The topological polar surface area (TPSA) is 82.2 Å². The van der Waals surface area contributed by atoms with Gasteiger partial charge in [-0.2, -0.15) is 10.2 Å². The van der Waals surface area contributed by atoms with Gasteiger partial charge in [0.1, 0.15) is 5.75 Å². The summed E-state index contributed by atoms with van der Waals surface area (Å²) in [4.78, 5) is 10.6. The van der Waals surface area contributed by atoms with E-state index in [0.29, 0.717) is 11.4 Å². The first-order valence-corrected chi connectivity index (χ1v) is 5.19. The van der Waals surface area contributed by atoms with Gasteiger partial charge in [0.2, 0.25) is 0 Å². The molecule has 0 aliphatic rings. The highest BCUT2D eigenvalue weighted by molar-refractivity contribution is 5.87. The smallest absolute Gasteiger partial charge is 0.335 e. The van der Waals surface area contributed by atoms with Crippen LogP contribution in [0.5, 0.6) is 5.75 Å². The van der Waals surface area contributed by atoms with Crippen LogP contribution in [0.2, 0.25) is 0 Å². The van der Waals surface area contributed by atoms with Crippen LogP contribution in [0.4, 0.5) is 11.4 Å². The normalized spacial score (nSPS) is 10.7. The molecule has 0 aromatic heterocycles. The molecule has 0 amide bonds. The second kappa shape index (κ2) is 5.09. The van der Waals surface area contributed by atoms with Crippen LogP contribution in [0.3, 0.4) is 0 Å². The summed E-state index contributed by atoms with van der Waals surface area (Å²) in [6.45, 7) is 0. The summed E-state index contributed by atoms with van der Waals surface area (Å²) in [6.07, 6.45) is 0. The van der Waals surface area contributed by atoms with Gasteiger partial charge in [0, 0.05) is 0 Å². The first-order valence-electron chi connectivity index (χ1n) is 5.19. The third kappa shape index (κ3) is 2.91. The molecule has 90 valence electrons. The number of hydrogen-bond donors (Lipinski definition) is 2. The second-order valence-corrected chi connectivity index (χ2v) is 3.57. The molecule has 0 bridgehead atoms. The minimum atomic E-state index is -0.975. The molecule has 0 radical (unpaired) electrons. The van der Waals surface area contributed by atoms with E-state index in [1.807, 2.05) is 0 Å². The number of carbonyl (C=O) groups is 1. The Morgan fingerprint density at radius 3 is 1.72 bits per heavy atom. The number of aromatic hydroxyl groups is 1. The first-order chi connectivity index (χ1) is 8.65. The van der Waals surface area contributed by atoms with Crippen LogP contribution in [-0.4, -0.2) is 16.2 Å². The minimum absolute atomic E-state index is 0.166. The average molecular weight is 242 g/mol. The maximum Gasteiger partial charge on any atom is 0.335 e. The first kappa shape index (κ1) is 11.8. The van der Waals surface area contributed by atoms with Gasteiger partial charge in [-0.25, -0.2) is 4.79 Å². The van der Waals surface area contributed by atoms with Gasteiger partial charge in [-0.15, -0.1) is 0 Å². The zero-order valence-electron chi connectivity index (χ0n) is 9.32. The largest absolute Gasteiger partial charge is 0.508 e. The fraction of sp³-hybridized carbons (Fsp3) is 0. The average Bonchev–Trinajstić information content (AvgIpc) is 2.38. The number of phenols is 1. The Labute approximate surface area is 103 Å². The van der Waals surface area contributed by atoms with Crippen molar-refractivity contribution in [3.05, 3.63) is 54.1 Å². The molecule has 5 heteroatoms. The van der Waals surface area contributed by atoms with Gasteiger partial charge in [-0.1, -0.05) is 0 Å². The third-order valence-corrected chi connectivity index (χ3v) is 2.24. The lowest BCUT2D eigenvalue weighted by Crippen LogP contribution is -1.93. The molecule has 0 aliphatic carbocycles. The molecule has 0 saturated heterocycles. The molecule has 0 aliphatic heterocycles. The maximum absolute atomic E-state index is 10.6. The van der Waals surface area contributed by atoms with E-state index in [9.17, 15) is 4.79 Å². The molecule has 2 N–H and O–H groups in total. The number of aromatic carboxylic acids is 1. The Kier molecular flexibility index (Phi) is 3.33. The zero-order valence-corrected chi connectivity index (χ0v) is 9.32. The van der Waals surface area contributed by atoms with Gasteiger partial charge in [-0.05, 0) is 48.5 Å². The van der Waals surface area contributed by atoms with Crippen LogP contribution in [0.25, 0.3) is 0 Å². The summed E-state index contributed by atoms with van der Waals surface area (Å²) in [5.41, 5.74) is 1.38. The van der Waals surface area contributed by atoms with Gasteiger partial charge in [0.05, 0.1) is 16.9 Å². The number of hydrogen-bond acceptors (Lipinski definition) is 4. The van der Waals surface area contributed by atoms with Gasteiger partial charge in [0.15, 0.2) is 0 Å². The summed E-state index contributed by atoms with van der Waals surface area (Å²) < 4.78 is 0. The Bertz CT molecular complexity index is 574. The van der Waals surface area contributed by atoms with E-state index in [1.54, 1.807) is 24.3 Å². The maximum atomic E-state index is 10.6. The van der Waals surface area contributed by atoms with Crippen LogP contribution >= 0.6 is 0 Å². The quantitative estimate of drug-likeness (QED) is 0.808. The van der Waals surface area contributed by atoms with Crippen molar-refractivity contribution >= 4 is 17.3 Å². The zero-order chi connectivity index (χ0) is 13.0. The molecule has 0 fully saturated rings. The summed E-state index contributed by atoms with van der Waals surface area (Å²) in [5, 5.41) is 25.7. The van der Waals surface area contributed by atoms with Crippen LogP contribution in [0.1, 0.15) is 10.4 Å². The van der Waals surface area contributed by atoms with Gasteiger partial charge in [0.25, 0.3) is 0 Å². The molecule has 2 rings (SSSR count). The van der Waals surface area contributed by atoms with Gasteiger partial charge < -0.3 is 10.2 Å². The number of azo groups is 1. The van der Waals surface area contributed by atoms with Crippen molar-refractivity contribution in [2.75, 3.05) is 0 Å². The molecule has 0 atom stereocenters. The van der Waals surface area contributed by atoms with Crippen LogP contribution in [0, 0.1) is 0 Å². The highest BCUT2D eigenvalue weighted by atomic mass is 16.4. The molecular formula is C13H10N2O3. The van der Waals surface area contributed by atoms with Crippen molar-refractivity contribution in [2.24, 2.45) is 10.2 Å². The van der Waals surface area contributed by atoms with Gasteiger partial charge in [-0.3, -0.25) is 0 Å². The fourth-order valence-corrected chi connectivity index (χ4v) is 1.31. The summed E-state index contributed by atoms with van der Waals surface area (Å²) in [7, 11) is 0. The standard InChI is InChI=1S/C13H10N2O3/c16-12-7-5-11(6-8-12)15-14-10-3-1-9(2-4-10)13(17)18/h1-8,16H,(H,17,18). The number of rotatable bonds is 3. The van der Waals surface area contributed by atoms with E-state index in [-0.39, 0.29) is 11.3 Å². The Morgan fingerprint density at radius 2 is 1.28 bits per heavy atom. The fourth-order valence-electron chi connectivity index (χ4n) is 1.31. The summed E-state index contributed by atoms with van der Waals surface area (Å²) in [6, 6.07) is 12.4. The molecule has 0 spiro atoms. The van der Waals surface area contributed by atoms with Crippen LogP contribution in [-0.2, 0) is 0 Å². The predicted molar refractivity (Wildman–Crippen MR) is 65.7 cm³/mol. The van der Waals surface area contributed by atoms with E-state index < -0.39 is 5.97 Å². The van der Waals surface area contributed by atoms with E-state index in [4.69, 9.17) is 10.2 Å². The van der Waals surface area contributed by atoms with E-state index in [2.05, 4.69) is 10.2 Å². The van der Waals surface area contributed by atoms with Crippen molar-refractivity contribution in [1.29, 1.82) is 0 Å². The Hall–Kier alpha value is -2.69. The van der Waals surface area contributed by atoms with E-state index in [1.165, 1.54) is 24.3 Å². The number of carboxylic acids is 1. The van der Waals surface area contributed by atoms with Crippen LogP contribution in [0.15, 0.2) is 58.8 Å². The lowest BCUT2D eigenvalue weighted by atomic mass is 10.2. The summed E-state index contributed by atoms with van der Waals surface area (Å²) >= 11 is 0. The van der Waals surface area contributed by atoms with Crippen LogP contribution < -0.4 is 0 Å². The Morgan fingerprint density at radius 1 is 0.833 bits per heavy atom. The molecule has 0 saturated carbocycles. The number of benzene rings is 2. The Balaban J connectivity index is 2.13. The van der Waals surface area contributed by atoms with Crippen molar-refractivity contribution in [2.45, 2.75) is 0 Å². The molecule has 2 aromatic carbocycles. The molecule has 18 heavy (non-hydrogen) atoms. The lowest BCUT2D eigenvalue weighted by Gasteiger charge is -1.95. The van der Waals surface area contributed by atoms with Crippen molar-refractivity contribution in [3.63, 3.8) is 0 Å². The monoisotopic (exact) mass is 242 g/mol. The van der Waals surface area contributed by atoms with E-state index >= 15 is 0 Å². The number of nitrogens with zero attached hydrogens (tertiary/aromatic N) is 2. The SMILES string of the molecule is O=C(O)c1ccc(N=Nc2ccc(O)cc2)cc1. The molecule has 0 unspecified atom stereocenters. The molecule has 0 heterocycles. The summed E-state index contributed by atoms with van der Waals surface area (Å²) in [5.74, 6) is -0.809. The highest BCUT2D eigenvalue weighted by Crippen LogP contribution is 2.20. The van der Waals surface area contributed by atoms with Crippen molar-refractivity contribution in [3.8, 4) is 5.75 Å². The third-order valence-electron chi connectivity index (χ3n) is 2.24. The highest BCUT2D eigenvalue weighted by Gasteiger charge is 2.00. The van der Waals surface area contributed by atoms with Gasteiger partial charge >= 0.3 is 5.97 Å². The number of phenolic OH excluding ortho intramolecular Hbond substituents is 1.